The number of hydrogen-bond donors (Lipinski definition) is 3. The summed E-state index contributed by atoms with van der Waals surface area (Å²) in [6, 6.07) is 12.2. The van der Waals surface area contributed by atoms with Crippen molar-refractivity contribution in [3.05, 3.63) is 53.6 Å². The zero-order valence-electron chi connectivity index (χ0n) is 20.2. The first-order valence-electron chi connectivity index (χ1n) is 11.9. The summed E-state index contributed by atoms with van der Waals surface area (Å²) in [6.07, 6.45) is 0.281. The van der Waals surface area contributed by atoms with E-state index in [0.717, 1.165) is 11.1 Å². The van der Waals surface area contributed by atoms with Crippen molar-refractivity contribution in [3.8, 4) is 17.2 Å². The monoisotopic (exact) mass is 497 g/mol. The van der Waals surface area contributed by atoms with Crippen LogP contribution in [0, 0.1) is 0 Å². The van der Waals surface area contributed by atoms with E-state index in [1.165, 1.54) is 7.11 Å². The Morgan fingerprint density at radius 2 is 1.86 bits per heavy atom. The van der Waals surface area contributed by atoms with Gasteiger partial charge in [-0.05, 0) is 41.8 Å². The number of nitrogens with zero attached hydrogens (tertiary/aromatic N) is 1. The minimum absolute atomic E-state index is 0.0232. The first-order valence-corrected chi connectivity index (χ1v) is 11.9. The molecule has 0 unspecified atom stereocenters. The molecule has 5 aliphatic heterocycles. The van der Waals surface area contributed by atoms with Crippen molar-refractivity contribution in [2.24, 2.45) is 0 Å². The van der Waals surface area contributed by atoms with Gasteiger partial charge in [0.05, 0.1) is 26.3 Å². The van der Waals surface area contributed by atoms with Crippen LogP contribution in [-0.4, -0.2) is 73.3 Å². The molecule has 0 aromatic heterocycles. The molecule has 1 fully saturated rings. The predicted molar refractivity (Wildman–Crippen MR) is 130 cm³/mol. The molecule has 10 nitrogen and oxygen atoms in total. The van der Waals surface area contributed by atoms with Gasteiger partial charge in [0.1, 0.15) is 11.9 Å². The van der Waals surface area contributed by atoms with Gasteiger partial charge in [-0.25, -0.2) is 0 Å². The fraction of sp³-hybridized carbons (Fsp3) is 0.423. The Kier molecular flexibility index (Phi) is 8.27. The van der Waals surface area contributed by atoms with E-state index >= 15 is 0 Å². The molecule has 2 aromatic carbocycles. The van der Waals surface area contributed by atoms with Gasteiger partial charge in [-0.2, -0.15) is 0 Å². The predicted octanol–water partition coefficient (Wildman–Crippen LogP) is 0.793. The molecule has 7 rings (SSSR count). The second-order valence-corrected chi connectivity index (χ2v) is 8.80. The van der Waals surface area contributed by atoms with Gasteiger partial charge in [0, 0.05) is 25.9 Å². The molecule has 10 heteroatoms. The third-order valence-electron chi connectivity index (χ3n) is 6.22. The van der Waals surface area contributed by atoms with Gasteiger partial charge in [0.2, 0.25) is 11.8 Å². The number of nitrogens with one attached hydrogen (secondary N) is 2. The van der Waals surface area contributed by atoms with Crippen molar-refractivity contribution in [2.75, 3.05) is 33.4 Å². The van der Waals surface area contributed by atoms with Crippen molar-refractivity contribution in [1.29, 1.82) is 0 Å². The summed E-state index contributed by atoms with van der Waals surface area (Å²) < 4.78 is 17.2. The van der Waals surface area contributed by atoms with Gasteiger partial charge >= 0.3 is 0 Å². The lowest BCUT2D eigenvalue weighted by Crippen LogP contribution is -2.45. The van der Waals surface area contributed by atoms with Crippen molar-refractivity contribution in [2.45, 2.75) is 38.0 Å². The van der Waals surface area contributed by atoms with Gasteiger partial charge in [-0.1, -0.05) is 18.2 Å². The number of likely N-dealkylation sites (tertiary alicyclic amines) is 1. The van der Waals surface area contributed by atoms with Crippen molar-refractivity contribution in [3.63, 3.8) is 0 Å². The summed E-state index contributed by atoms with van der Waals surface area (Å²) in [5.41, 5.74) is 1.76. The number of hydrogen-bond acceptors (Lipinski definition) is 7. The lowest BCUT2D eigenvalue weighted by Gasteiger charge is -2.21. The van der Waals surface area contributed by atoms with E-state index in [4.69, 9.17) is 19.3 Å². The summed E-state index contributed by atoms with van der Waals surface area (Å²) in [5, 5.41) is 15.0. The number of rotatable bonds is 3. The molecule has 2 atom stereocenters. The number of aliphatic hydroxyl groups excluding tert-OH is 1. The number of ether oxygens (including phenoxy) is 3. The van der Waals surface area contributed by atoms with Gasteiger partial charge in [-0.3, -0.25) is 14.4 Å². The largest absolute Gasteiger partial charge is 0.493 e. The summed E-state index contributed by atoms with van der Waals surface area (Å²) in [6.45, 7) is 0.542. The quantitative estimate of drug-likeness (QED) is 0.572. The Labute approximate surface area is 209 Å². The highest BCUT2D eigenvalue weighted by Crippen LogP contribution is 2.28. The molecule has 4 bridgehead atoms. The fourth-order valence-corrected chi connectivity index (χ4v) is 4.27. The van der Waals surface area contributed by atoms with Crippen LogP contribution >= 0.6 is 0 Å². The molecule has 5 aliphatic rings. The minimum atomic E-state index is -0.440. The second-order valence-electron chi connectivity index (χ2n) is 8.80. The zero-order valence-corrected chi connectivity index (χ0v) is 20.2. The standard InChI is InChI=1S/C26H31N3O7/c1-34-22-12-17-4-8-21(22)35-16-25(32)27-13-18-2-6-19(7-3-18)36-23-15-29(26(33)10-11-30)14-20(23)28-24(31)9-5-17/h2-4,6-8,12,20,23,30H,5,9-11,13-16H2,1H3,(H,27,32)(H,28,31)/t20-,23-/m0/s1. The normalized spacial score (nSPS) is 20.6. The molecule has 5 heterocycles. The maximum atomic E-state index is 12.8. The summed E-state index contributed by atoms with van der Waals surface area (Å²) in [7, 11) is 1.52. The summed E-state index contributed by atoms with van der Waals surface area (Å²) >= 11 is 0. The number of aliphatic hydroxyl groups is 1. The topological polar surface area (TPSA) is 126 Å². The van der Waals surface area contributed by atoms with E-state index in [-0.39, 0.29) is 43.8 Å². The third kappa shape index (κ3) is 6.45. The van der Waals surface area contributed by atoms with Gasteiger partial charge in [0.25, 0.3) is 5.91 Å². The number of amides is 3. The number of carbonyl (C=O) groups is 3. The maximum Gasteiger partial charge on any atom is 0.258 e. The molecule has 1 saturated heterocycles. The molecule has 0 aliphatic carbocycles. The van der Waals surface area contributed by atoms with Gasteiger partial charge in [0.15, 0.2) is 18.1 Å². The van der Waals surface area contributed by atoms with E-state index < -0.39 is 12.1 Å². The van der Waals surface area contributed by atoms with E-state index in [0.29, 0.717) is 43.3 Å². The second kappa shape index (κ2) is 11.8. The van der Waals surface area contributed by atoms with E-state index in [1.54, 1.807) is 29.2 Å². The Balaban J connectivity index is 1.55. The Bertz CT molecular complexity index is 1090. The first-order chi connectivity index (χ1) is 17.4. The Morgan fingerprint density at radius 1 is 1.08 bits per heavy atom. The van der Waals surface area contributed by atoms with Crippen molar-refractivity contribution in [1.82, 2.24) is 15.5 Å². The van der Waals surface area contributed by atoms with Crippen LogP contribution in [-0.2, 0) is 27.3 Å². The highest BCUT2D eigenvalue weighted by Gasteiger charge is 2.37. The van der Waals surface area contributed by atoms with Gasteiger partial charge in [-0.15, -0.1) is 0 Å². The fourth-order valence-electron chi connectivity index (χ4n) is 4.27. The first kappa shape index (κ1) is 25.3. The highest BCUT2D eigenvalue weighted by molar-refractivity contribution is 5.79. The number of carbonyl (C=O) groups excluding carboxylic acids is 3. The molecular weight excluding hydrogens is 466 g/mol. The number of methoxy groups -OCH3 is 1. The molecule has 192 valence electrons. The van der Waals surface area contributed by atoms with Crippen LogP contribution in [0.1, 0.15) is 24.0 Å². The molecule has 3 N–H and O–H groups in total. The lowest BCUT2D eigenvalue weighted by molar-refractivity contribution is -0.131. The van der Waals surface area contributed by atoms with Crippen LogP contribution < -0.4 is 24.8 Å². The highest BCUT2D eigenvalue weighted by atomic mass is 16.5. The average molecular weight is 498 g/mol. The van der Waals surface area contributed by atoms with Crippen LogP contribution in [0.25, 0.3) is 0 Å². The van der Waals surface area contributed by atoms with Crippen LogP contribution in [0.3, 0.4) is 0 Å². The number of aryl methyl sites for hydroxylation is 1. The van der Waals surface area contributed by atoms with E-state index in [9.17, 15) is 14.4 Å². The maximum absolute atomic E-state index is 12.8. The summed E-state index contributed by atoms with van der Waals surface area (Å²) in [4.78, 5) is 39.1. The van der Waals surface area contributed by atoms with Crippen LogP contribution in [0.15, 0.2) is 42.5 Å². The lowest BCUT2D eigenvalue weighted by atomic mass is 10.1. The molecular formula is C26H31N3O7. The molecule has 0 saturated carbocycles. The Hall–Kier alpha value is -3.79. The van der Waals surface area contributed by atoms with Gasteiger partial charge < -0.3 is 34.9 Å². The molecule has 2 aromatic rings. The molecule has 0 spiro atoms. The minimum Gasteiger partial charge on any atom is -0.493 e. The Morgan fingerprint density at radius 3 is 2.61 bits per heavy atom. The van der Waals surface area contributed by atoms with Crippen molar-refractivity contribution < 1.29 is 33.7 Å². The molecule has 3 amide bonds. The smallest absolute Gasteiger partial charge is 0.258 e. The summed E-state index contributed by atoms with van der Waals surface area (Å²) in [5.74, 6) is 0.898. The average Bonchev–Trinajstić information content (AvgIpc) is 3.27. The number of benzene rings is 2. The molecule has 0 radical (unpaired) electrons. The van der Waals surface area contributed by atoms with Crippen LogP contribution in [0.4, 0.5) is 0 Å². The van der Waals surface area contributed by atoms with Crippen LogP contribution in [0.5, 0.6) is 17.2 Å². The SMILES string of the molecule is COc1cc2ccc1OCC(=O)NCc1ccc(cc1)O[C@H]1CN(C(=O)CCO)C[C@@H]1NC(=O)CC2. The van der Waals surface area contributed by atoms with E-state index in [1.807, 2.05) is 18.2 Å². The van der Waals surface area contributed by atoms with E-state index in [2.05, 4.69) is 10.6 Å². The van der Waals surface area contributed by atoms with Crippen molar-refractivity contribution >= 4 is 17.7 Å². The zero-order chi connectivity index (χ0) is 25.5. The molecule has 36 heavy (non-hydrogen) atoms. The van der Waals surface area contributed by atoms with Crippen LogP contribution in [0.2, 0.25) is 0 Å². The third-order valence-corrected chi connectivity index (χ3v) is 6.22.